The lowest BCUT2D eigenvalue weighted by Crippen LogP contribution is -2.38. The Bertz CT molecular complexity index is 353. The van der Waals surface area contributed by atoms with E-state index < -0.39 is 5.60 Å². The van der Waals surface area contributed by atoms with Gasteiger partial charge in [-0.2, -0.15) is 0 Å². The SMILES string of the molecule is CCC1CCC(O)(Cn2c(C)ccc2C)CC1. The molecule has 1 aromatic heterocycles. The van der Waals surface area contributed by atoms with Gasteiger partial charge in [0.25, 0.3) is 0 Å². The molecule has 1 fully saturated rings. The quantitative estimate of drug-likeness (QED) is 0.853. The van der Waals surface area contributed by atoms with E-state index >= 15 is 0 Å². The number of nitrogens with zero attached hydrogens (tertiary/aromatic N) is 1. The standard InChI is InChI=1S/C15H25NO/c1-4-14-7-9-15(17,10-8-14)11-16-12(2)5-6-13(16)3/h5-6,14,17H,4,7-11H2,1-3H3. The van der Waals surface area contributed by atoms with E-state index in [0.717, 1.165) is 25.3 Å². The van der Waals surface area contributed by atoms with Gasteiger partial charge in [0.1, 0.15) is 0 Å². The van der Waals surface area contributed by atoms with Gasteiger partial charge >= 0.3 is 0 Å². The smallest absolute Gasteiger partial charge is 0.0826 e. The molecule has 17 heavy (non-hydrogen) atoms. The van der Waals surface area contributed by atoms with Crippen molar-refractivity contribution in [2.75, 3.05) is 0 Å². The number of aryl methyl sites for hydroxylation is 2. The molecule has 1 saturated carbocycles. The fourth-order valence-corrected chi connectivity index (χ4v) is 3.02. The van der Waals surface area contributed by atoms with Crippen molar-refractivity contribution in [3.05, 3.63) is 23.5 Å². The molecule has 0 radical (unpaired) electrons. The molecule has 0 bridgehead atoms. The van der Waals surface area contributed by atoms with E-state index in [1.165, 1.54) is 30.7 Å². The van der Waals surface area contributed by atoms with Gasteiger partial charge in [-0.05, 0) is 57.6 Å². The minimum atomic E-state index is -0.472. The van der Waals surface area contributed by atoms with Crippen molar-refractivity contribution in [3.8, 4) is 0 Å². The Morgan fingerprint density at radius 3 is 2.24 bits per heavy atom. The second kappa shape index (κ2) is 4.85. The second-order valence-electron chi connectivity index (χ2n) is 5.78. The summed E-state index contributed by atoms with van der Waals surface area (Å²) in [6.07, 6.45) is 5.56. The summed E-state index contributed by atoms with van der Waals surface area (Å²) in [4.78, 5) is 0. The first-order valence-corrected chi connectivity index (χ1v) is 6.89. The van der Waals surface area contributed by atoms with Crippen LogP contribution < -0.4 is 0 Å². The molecule has 2 heteroatoms. The van der Waals surface area contributed by atoms with Gasteiger partial charge in [0.05, 0.1) is 12.1 Å². The highest BCUT2D eigenvalue weighted by atomic mass is 16.3. The minimum Gasteiger partial charge on any atom is -0.388 e. The van der Waals surface area contributed by atoms with Crippen LogP contribution in [-0.2, 0) is 6.54 Å². The molecule has 1 N–H and O–H groups in total. The topological polar surface area (TPSA) is 25.2 Å². The second-order valence-corrected chi connectivity index (χ2v) is 5.78. The summed E-state index contributed by atoms with van der Waals surface area (Å²) in [5.41, 5.74) is 2.04. The normalized spacial score (nSPS) is 29.5. The molecule has 1 aliphatic rings. The van der Waals surface area contributed by atoms with Gasteiger partial charge in [-0.15, -0.1) is 0 Å². The Morgan fingerprint density at radius 1 is 1.24 bits per heavy atom. The highest BCUT2D eigenvalue weighted by Crippen LogP contribution is 2.35. The summed E-state index contributed by atoms with van der Waals surface area (Å²) in [5, 5.41) is 10.7. The van der Waals surface area contributed by atoms with E-state index in [9.17, 15) is 5.11 Å². The Labute approximate surface area is 105 Å². The van der Waals surface area contributed by atoms with Crippen molar-refractivity contribution >= 4 is 0 Å². The van der Waals surface area contributed by atoms with Crippen LogP contribution in [0.4, 0.5) is 0 Å². The lowest BCUT2D eigenvalue weighted by Gasteiger charge is -2.36. The van der Waals surface area contributed by atoms with E-state index in [2.05, 4.69) is 37.5 Å². The van der Waals surface area contributed by atoms with Crippen LogP contribution in [0, 0.1) is 19.8 Å². The van der Waals surface area contributed by atoms with Crippen LogP contribution in [-0.4, -0.2) is 15.3 Å². The number of hydrogen-bond donors (Lipinski definition) is 1. The predicted molar refractivity (Wildman–Crippen MR) is 71.1 cm³/mol. The lowest BCUT2D eigenvalue weighted by atomic mass is 9.78. The zero-order valence-corrected chi connectivity index (χ0v) is 11.4. The third-order valence-corrected chi connectivity index (χ3v) is 4.48. The van der Waals surface area contributed by atoms with Gasteiger partial charge in [-0.3, -0.25) is 0 Å². The molecule has 0 spiro atoms. The third-order valence-electron chi connectivity index (χ3n) is 4.48. The Hall–Kier alpha value is -0.760. The van der Waals surface area contributed by atoms with Crippen LogP contribution >= 0.6 is 0 Å². The summed E-state index contributed by atoms with van der Waals surface area (Å²) in [7, 11) is 0. The summed E-state index contributed by atoms with van der Waals surface area (Å²) in [5.74, 6) is 0.835. The lowest BCUT2D eigenvalue weighted by molar-refractivity contribution is -0.0247. The van der Waals surface area contributed by atoms with Gasteiger partial charge < -0.3 is 9.67 Å². The van der Waals surface area contributed by atoms with Crippen molar-refractivity contribution in [1.82, 2.24) is 4.57 Å². The van der Waals surface area contributed by atoms with Crippen LogP contribution in [0.3, 0.4) is 0 Å². The number of aromatic nitrogens is 1. The van der Waals surface area contributed by atoms with Crippen LogP contribution in [0.15, 0.2) is 12.1 Å². The zero-order chi connectivity index (χ0) is 12.5. The Balaban J connectivity index is 2.04. The highest BCUT2D eigenvalue weighted by Gasteiger charge is 2.33. The van der Waals surface area contributed by atoms with E-state index in [1.54, 1.807) is 0 Å². The van der Waals surface area contributed by atoms with Crippen LogP contribution in [0.2, 0.25) is 0 Å². The molecule has 0 amide bonds. The van der Waals surface area contributed by atoms with E-state index in [-0.39, 0.29) is 0 Å². The van der Waals surface area contributed by atoms with Crippen molar-refractivity contribution in [1.29, 1.82) is 0 Å². The largest absolute Gasteiger partial charge is 0.388 e. The van der Waals surface area contributed by atoms with Crippen LogP contribution in [0.25, 0.3) is 0 Å². The average molecular weight is 235 g/mol. The van der Waals surface area contributed by atoms with Crippen molar-refractivity contribution in [2.45, 2.75) is 65.0 Å². The monoisotopic (exact) mass is 235 g/mol. The first-order chi connectivity index (χ1) is 8.04. The number of rotatable bonds is 3. The van der Waals surface area contributed by atoms with Crippen LogP contribution in [0.5, 0.6) is 0 Å². The molecule has 1 heterocycles. The zero-order valence-electron chi connectivity index (χ0n) is 11.4. The summed E-state index contributed by atoms with van der Waals surface area (Å²) < 4.78 is 2.26. The molecular formula is C15H25NO. The fourth-order valence-electron chi connectivity index (χ4n) is 3.02. The Morgan fingerprint density at radius 2 is 1.76 bits per heavy atom. The van der Waals surface area contributed by atoms with Crippen molar-refractivity contribution in [2.24, 2.45) is 5.92 Å². The Kier molecular flexibility index (Phi) is 3.62. The molecule has 2 rings (SSSR count). The molecule has 96 valence electrons. The molecule has 1 aromatic rings. The summed E-state index contributed by atoms with van der Waals surface area (Å²) in [6, 6.07) is 4.27. The maximum Gasteiger partial charge on any atom is 0.0826 e. The van der Waals surface area contributed by atoms with Gasteiger partial charge in [0, 0.05) is 11.4 Å². The van der Waals surface area contributed by atoms with Gasteiger partial charge in [0.15, 0.2) is 0 Å². The molecule has 0 unspecified atom stereocenters. The fraction of sp³-hybridized carbons (Fsp3) is 0.733. The molecule has 2 nitrogen and oxygen atoms in total. The minimum absolute atomic E-state index is 0.472. The predicted octanol–water partition coefficient (Wildman–Crippen LogP) is 3.44. The number of aliphatic hydroxyl groups is 1. The molecule has 0 aliphatic heterocycles. The third kappa shape index (κ3) is 2.74. The van der Waals surface area contributed by atoms with E-state index in [0.29, 0.717) is 0 Å². The van der Waals surface area contributed by atoms with Gasteiger partial charge in [-0.1, -0.05) is 13.3 Å². The first-order valence-electron chi connectivity index (χ1n) is 6.89. The maximum absolute atomic E-state index is 10.7. The van der Waals surface area contributed by atoms with E-state index in [4.69, 9.17) is 0 Å². The average Bonchev–Trinajstić information content (AvgIpc) is 2.62. The van der Waals surface area contributed by atoms with Crippen molar-refractivity contribution in [3.63, 3.8) is 0 Å². The maximum atomic E-state index is 10.7. The van der Waals surface area contributed by atoms with Gasteiger partial charge in [0.2, 0.25) is 0 Å². The molecule has 0 saturated heterocycles. The number of hydrogen-bond acceptors (Lipinski definition) is 1. The first kappa shape index (κ1) is 12.7. The van der Waals surface area contributed by atoms with Crippen molar-refractivity contribution < 1.29 is 5.11 Å². The van der Waals surface area contributed by atoms with Crippen LogP contribution in [0.1, 0.15) is 50.4 Å². The molecule has 0 atom stereocenters. The molecule has 0 aromatic carbocycles. The molecule has 1 aliphatic carbocycles. The molecular weight excluding hydrogens is 210 g/mol. The summed E-state index contributed by atoms with van der Waals surface area (Å²) >= 11 is 0. The summed E-state index contributed by atoms with van der Waals surface area (Å²) in [6.45, 7) is 7.27. The van der Waals surface area contributed by atoms with E-state index in [1.807, 2.05) is 0 Å². The van der Waals surface area contributed by atoms with Gasteiger partial charge in [-0.25, -0.2) is 0 Å². The highest BCUT2D eigenvalue weighted by molar-refractivity contribution is 5.14.